The first kappa shape index (κ1) is 19.1. The van der Waals surface area contributed by atoms with Crippen LogP contribution < -0.4 is 10.5 Å². The standard InChI is InChI=1S/C21H26N4O2S/c1-25(2)14-7-9-15(10-8-14)27-20-19-18-13(6-11-17(22)26)4-3-5-16(18)28-21(19)24-12-23-20/h3-5,12,14-15H,6-11H2,1-2H3,(H2,22,26)/t14-,15-. The summed E-state index contributed by atoms with van der Waals surface area (Å²) in [5, 5.41) is 2.07. The Morgan fingerprint density at radius 3 is 2.71 bits per heavy atom. The van der Waals surface area contributed by atoms with Crippen LogP contribution in [0.5, 0.6) is 5.88 Å². The highest BCUT2D eigenvalue weighted by Crippen LogP contribution is 2.40. The molecule has 0 aliphatic heterocycles. The summed E-state index contributed by atoms with van der Waals surface area (Å²) in [7, 11) is 4.29. The van der Waals surface area contributed by atoms with Gasteiger partial charge in [0.2, 0.25) is 11.8 Å². The molecular weight excluding hydrogens is 372 g/mol. The van der Waals surface area contributed by atoms with Gasteiger partial charge in [-0.15, -0.1) is 11.3 Å². The van der Waals surface area contributed by atoms with Crippen molar-refractivity contribution in [3.05, 3.63) is 30.1 Å². The number of primary amides is 1. The first-order chi connectivity index (χ1) is 13.5. The molecule has 0 radical (unpaired) electrons. The van der Waals surface area contributed by atoms with Gasteiger partial charge in [0, 0.05) is 22.5 Å². The molecule has 4 rings (SSSR count). The lowest BCUT2D eigenvalue weighted by Gasteiger charge is -2.32. The predicted molar refractivity (Wildman–Crippen MR) is 113 cm³/mol. The lowest BCUT2D eigenvalue weighted by molar-refractivity contribution is -0.117. The number of aryl methyl sites for hydroxylation is 1. The summed E-state index contributed by atoms with van der Waals surface area (Å²) in [5.41, 5.74) is 6.46. The van der Waals surface area contributed by atoms with Crippen molar-refractivity contribution in [2.75, 3.05) is 14.1 Å². The minimum Gasteiger partial charge on any atom is -0.474 e. The van der Waals surface area contributed by atoms with Crippen LogP contribution in [0.15, 0.2) is 24.5 Å². The molecule has 2 heterocycles. The SMILES string of the molecule is CN(C)[C@H]1CC[C@H](Oc2ncnc3sc4cccc(CCC(N)=O)c4c23)CC1. The number of hydrogen-bond donors (Lipinski definition) is 1. The summed E-state index contributed by atoms with van der Waals surface area (Å²) < 4.78 is 7.53. The number of carbonyl (C=O) groups is 1. The molecule has 3 aromatic rings. The number of amides is 1. The minimum absolute atomic E-state index is 0.182. The van der Waals surface area contributed by atoms with E-state index in [2.05, 4.69) is 41.1 Å². The zero-order valence-electron chi connectivity index (χ0n) is 16.4. The van der Waals surface area contributed by atoms with Crippen molar-refractivity contribution >= 4 is 37.5 Å². The molecule has 1 aliphatic carbocycles. The van der Waals surface area contributed by atoms with E-state index in [1.807, 2.05) is 6.07 Å². The number of nitrogens with zero attached hydrogens (tertiary/aromatic N) is 3. The van der Waals surface area contributed by atoms with E-state index in [9.17, 15) is 4.79 Å². The number of ether oxygens (including phenoxy) is 1. The topological polar surface area (TPSA) is 81.3 Å². The first-order valence-electron chi connectivity index (χ1n) is 9.79. The van der Waals surface area contributed by atoms with E-state index >= 15 is 0 Å². The Labute approximate surface area is 168 Å². The van der Waals surface area contributed by atoms with E-state index in [0.717, 1.165) is 51.5 Å². The fraction of sp³-hybridized carbons (Fsp3) is 0.476. The van der Waals surface area contributed by atoms with Gasteiger partial charge in [-0.2, -0.15) is 0 Å². The number of rotatable bonds is 6. The van der Waals surface area contributed by atoms with Gasteiger partial charge in [-0.25, -0.2) is 9.97 Å². The molecule has 2 aromatic heterocycles. The van der Waals surface area contributed by atoms with Crippen LogP contribution in [-0.4, -0.2) is 47.0 Å². The van der Waals surface area contributed by atoms with Crippen LogP contribution in [0.2, 0.25) is 0 Å². The highest BCUT2D eigenvalue weighted by atomic mass is 32.1. The van der Waals surface area contributed by atoms with Gasteiger partial charge in [-0.3, -0.25) is 4.79 Å². The zero-order chi connectivity index (χ0) is 19.7. The second kappa shape index (κ2) is 8.01. The molecule has 0 bridgehead atoms. The summed E-state index contributed by atoms with van der Waals surface area (Å²) in [6.07, 6.45) is 7.05. The number of hydrogen-bond acceptors (Lipinski definition) is 6. The van der Waals surface area contributed by atoms with E-state index in [-0.39, 0.29) is 12.0 Å². The van der Waals surface area contributed by atoms with Gasteiger partial charge in [0.15, 0.2) is 0 Å². The van der Waals surface area contributed by atoms with Gasteiger partial charge in [0.1, 0.15) is 17.3 Å². The van der Waals surface area contributed by atoms with E-state index in [1.165, 1.54) is 0 Å². The smallest absolute Gasteiger partial charge is 0.226 e. The largest absolute Gasteiger partial charge is 0.474 e. The first-order valence-corrected chi connectivity index (χ1v) is 10.6. The quantitative estimate of drug-likeness (QED) is 0.687. The second-order valence-electron chi connectivity index (χ2n) is 7.73. The second-order valence-corrected chi connectivity index (χ2v) is 8.76. The Hall–Kier alpha value is -2.25. The van der Waals surface area contributed by atoms with Gasteiger partial charge in [-0.05, 0) is 57.8 Å². The monoisotopic (exact) mass is 398 g/mol. The average Bonchev–Trinajstić information content (AvgIpc) is 3.07. The molecule has 0 atom stereocenters. The fourth-order valence-corrected chi connectivity index (χ4v) is 5.17. The summed E-state index contributed by atoms with van der Waals surface area (Å²) in [4.78, 5) is 23.5. The third-order valence-electron chi connectivity index (χ3n) is 5.64. The Morgan fingerprint density at radius 2 is 2.00 bits per heavy atom. The number of thiophene rings is 1. The van der Waals surface area contributed by atoms with Crippen molar-refractivity contribution in [1.82, 2.24) is 14.9 Å². The Balaban J connectivity index is 1.67. The van der Waals surface area contributed by atoms with Crippen LogP contribution in [0, 0.1) is 0 Å². The molecular formula is C21H26N4O2S. The maximum absolute atomic E-state index is 11.3. The maximum atomic E-state index is 11.3. The molecule has 1 saturated carbocycles. The van der Waals surface area contributed by atoms with Gasteiger partial charge >= 0.3 is 0 Å². The molecule has 1 aromatic carbocycles. The maximum Gasteiger partial charge on any atom is 0.226 e. The normalized spacial score (nSPS) is 20.1. The van der Waals surface area contributed by atoms with E-state index in [4.69, 9.17) is 10.5 Å². The van der Waals surface area contributed by atoms with Crippen molar-refractivity contribution < 1.29 is 9.53 Å². The molecule has 28 heavy (non-hydrogen) atoms. The molecule has 7 heteroatoms. The summed E-state index contributed by atoms with van der Waals surface area (Å²) >= 11 is 1.64. The molecule has 1 aliphatic rings. The number of benzene rings is 1. The van der Waals surface area contributed by atoms with Gasteiger partial charge in [0.25, 0.3) is 0 Å². The lowest BCUT2D eigenvalue weighted by atomic mass is 9.92. The average molecular weight is 399 g/mol. The third kappa shape index (κ3) is 3.82. The highest BCUT2D eigenvalue weighted by molar-refractivity contribution is 7.25. The zero-order valence-corrected chi connectivity index (χ0v) is 17.2. The summed E-state index contributed by atoms with van der Waals surface area (Å²) in [6.45, 7) is 0. The van der Waals surface area contributed by atoms with Crippen molar-refractivity contribution in [3.8, 4) is 5.88 Å². The van der Waals surface area contributed by atoms with Gasteiger partial charge < -0.3 is 15.4 Å². The Morgan fingerprint density at radius 1 is 1.21 bits per heavy atom. The molecule has 148 valence electrons. The molecule has 2 N–H and O–H groups in total. The molecule has 0 unspecified atom stereocenters. The predicted octanol–water partition coefficient (Wildman–Crippen LogP) is 3.51. The van der Waals surface area contributed by atoms with E-state index < -0.39 is 0 Å². The number of fused-ring (bicyclic) bond motifs is 3. The summed E-state index contributed by atoms with van der Waals surface area (Å²) in [6, 6.07) is 6.79. The van der Waals surface area contributed by atoms with E-state index in [0.29, 0.717) is 24.8 Å². The van der Waals surface area contributed by atoms with Crippen LogP contribution in [0.3, 0.4) is 0 Å². The molecule has 1 fully saturated rings. The fourth-order valence-electron chi connectivity index (χ4n) is 4.09. The van der Waals surface area contributed by atoms with Crippen LogP contribution in [0.25, 0.3) is 20.3 Å². The number of aromatic nitrogens is 2. The van der Waals surface area contributed by atoms with Crippen molar-refractivity contribution in [2.24, 2.45) is 5.73 Å². The highest BCUT2D eigenvalue weighted by Gasteiger charge is 2.25. The third-order valence-corrected chi connectivity index (χ3v) is 6.70. The number of nitrogens with two attached hydrogens (primary N) is 1. The van der Waals surface area contributed by atoms with Gasteiger partial charge in [-0.1, -0.05) is 12.1 Å². The van der Waals surface area contributed by atoms with Crippen molar-refractivity contribution in [3.63, 3.8) is 0 Å². The molecule has 0 saturated heterocycles. The van der Waals surface area contributed by atoms with Crippen LogP contribution in [0.4, 0.5) is 0 Å². The minimum atomic E-state index is -0.290. The van der Waals surface area contributed by atoms with Crippen molar-refractivity contribution in [1.29, 1.82) is 0 Å². The molecule has 0 spiro atoms. The Kier molecular flexibility index (Phi) is 5.46. The van der Waals surface area contributed by atoms with E-state index in [1.54, 1.807) is 17.7 Å². The van der Waals surface area contributed by atoms with Gasteiger partial charge in [0.05, 0.1) is 5.39 Å². The Bertz CT molecular complexity index is 993. The molecule has 1 amide bonds. The lowest BCUT2D eigenvalue weighted by Crippen LogP contribution is -2.35. The molecule has 6 nitrogen and oxygen atoms in total. The number of carbonyl (C=O) groups excluding carboxylic acids is 1. The summed E-state index contributed by atoms with van der Waals surface area (Å²) in [5.74, 6) is 0.373. The van der Waals surface area contributed by atoms with Crippen molar-refractivity contribution in [2.45, 2.75) is 50.7 Å². The van der Waals surface area contributed by atoms with Crippen LogP contribution >= 0.6 is 11.3 Å². The van der Waals surface area contributed by atoms with Crippen LogP contribution in [0.1, 0.15) is 37.7 Å². The van der Waals surface area contributed by atoms with Crippen LogP contribution in [-0.2, 0) is 11.2 Å².